The maximum atomic E-state index is 11.9. The SMILES string of the molecule is Cc1ccccc1CNC(=O)COc1cccc(C(C)(C)C)c1. The fourth-order valence-electron chi connectivity index (χ4n) is 2.25. The van der Waals surface area contributed by atoms with Crippen LogP contribution < -0.4 is 10.1 Å². The van der Waals surface area contributed by atoms with Crippen molar-refractivity contribution in [2.24, 2.45) is 0 Å². The molecule has 0 aliphatic carbocycles. The quantitative estimate of drug-likeness (QED) is 0.907. The minimum Gasteiger partial charge on any atom is -0.484 e. The first-order valence-corrected chi connectivity index (χ1v) is 7.91. The molecule has 122 valence electrons. The minimum absolute atomic E-state index is 0.0273. The monoisotopic (exact) mass is 311 g/mol. The van der Waals surface area contributed by atoms with E-state index in [9.17, 15) is 4.79 Å². The molecule has 0 fully saturated rings. The molecule has 0 atom stereocenters. The summed E-state index contributed by atoms with van der Waals surface area (Å²) < 4.78 is 5.61. The van der Waals surface area contributed by atoms with Gasteiger partial charge in [0.15, 0.2) is 6.61 Å². The van der Waals surface area contributed by atoms with E-state index in [1.54, 1.807) is 0 Å². The van der Waals surface area contributed by atoms with Crippen molar-refractivity contribution >= 4 is 5.91 Å². The highest BCUT2D eigenvalue weighted by molar-refractivity contribution is 5.77. The number of carbonyl (C=O) groups excluding carboxylic acids is 1. The molecular formula is C20H25NO2. The lowest BCUT2D eigenvalue weighted by atomic mass is 9.87. The third kappa shape index (κ3) is 5.13. The van der Waals surface area contributed by atoms with Crippen LogP contribution in [-0.4, -0.2) is 12.5 Å². The molecule has 0 spiro atoms. The van der Waals surface area contributed by atoms with Crippen molar-refractivity contribution in [2.45, 2.75) is 39.7 Å². The molecule has 0 saturated heterocycles. The van der Waals surface area contributed by atoms with Crippen LogP contribution in [0, 0.1) is 6.92 Å². The summed E-state index contributed by atoms with van der Waals surface area (Å²) >= 11 is 0. The Morgan fingerprint density at radius 3 is 2.52 bits per heavy atom. The van der Waals surface area contributed by atoms with E-state index in [0.717, 1.165) is 11.3 Å². The van der Waals surface area contributed by atoms with Crippen molar-refractivity contribution < 1.29 is 9.53 Å². The number of aryl methyl sites for hydroxylation is 1. The van der Waals surface area contributed by atoms with Crippen molar-refractivity contribution in [3.8, 4) is 5.75 Å². The Morgan fingerprint density at radius 1 is 1.09 bits per heavy atom. The van der Waals surface area contributed by atoms with Crippen LogP contribution in [0.4, 0.5) is 0 Å². The van der Waals surface area contributed by atoms with Gasteiger partial charge in [0.2, 0.25) is 0 Å². The summed E-state index contributed by atoms with van der Waals surface area (Å²) in [5.41, 5.74) is 3.55. The van der Waals surface area contributed by atoms with Crippen LogP contribution in [0.15, 0.2) is 48.5 Å². The molecular weight excluding hydrogens is 286 g/mol. The molecule has 2 aromatic carbocycles. The van der Waals surface area contributed by atoms with Gasteiger partial charge in [-0.3, -0.25) is 4.79 Å². The first kappa shape index (κ1) is 17.1. The molecule has 23 heavy (non-hydrogen) atoms. The molecule has 0 heterocycles. The zero-order valence-corrected chi connectivity index (χ0v) is 14.3. The topological polar surface area (TPSA) is 38.3 Å². The summed E-state index contributed by atoms with van der Waals surface area (Å²) in [6.07, 6.45) is 0. The molecule has 1 N–H and O–H groups in total. The molecule has 2 rings (SSSR count). The smallest absolute Gasteiger partial charge is 0.258 e. The van der Waals surface area contributed by atoms with Gasteiger partial charge in [-0.05, 0) is 41.2 Å². The van der Waals surface area contributed by atoms with Crippen LogP contribution in [0.1, 0.15) is 37.5 Å². The number of ether oxygens (including phenoxy) is 1. The van der Waals surface area contributed by atoms with Gasteiger partial charge in [0.05, 0.1) is 0 Å². The normalized spacial score (nSPS) is 11.1. The van der Waals surface area contributed by atoms with E-state index in [4.69, 9.17) is 4.74 Å². The van der Waals surface area contributed by atoms with E-state index < -0.39 is 0 Å². The maximum absolute atomic E-state index is 11.9. The summed E-state index contributed by atoms with van der Waals surface area (Å²) in [7, 11) is 0. The summed E-state index contributed by atoms with van der Waals surface area (Å²) in [6.45, 7) is 9.05. The van der Waals surface area contributed by atoms with Crippen LogP contribution in [0.5, 0.6) is 5.75 Å². The molecule has 0 radical (unpaired) electrons. The van der Waals surface area contributed by atoms with E-state index in [2.05, 4.69) is 32.2 Å². The number of rotatable bonds is 5. The Morgan fingerprint density at radius 2 is 1.83 bits per heavy atom. The summed E-state index contributed by atoms with van der Waals surface area (Å²) in [6, 6.07) is 15.9. The fraction of sp³-hybridized carbons (Fsp3) is 0.350. The lowest BCUT2D eigenvalue weighted by molar-refractivity contribution is -0.123. The zero-order chi connectivity index (χ0) is 16.9. The summed E-state index contributed by atoms with van der Waals surface area (Å²) in [5.74, 6) is 0.609. The van der Waals surface area contributed by atoms with E-state index in [1.807, 2.05) is 49.4 Å². The van der Waals surface area contributed by atoms with Gasteiger partial charge in [-0.2, -0.15) is 0 Å². The summed E-state index contributed by atoms with van der Waals surface area (Å²) in [5, 5.41) is 2.89. The average molecular weight is 311 g/mol. The fourth-order valence-corrected chi connectivity index (χ4v) is 2.25. The van der Waals surface area contributed by atoms with Gasteiger partial charge in [-0.1, -0.05) is 57.2 Å². The highest BCUT2D eigenvalue weighted by atomic mass is 16.5. The van der Waals surface area contributed by atoms with Crippen LogP contribution in [0.25, 0.3) is 0 Å². The molecule has 0 aliphatic rings. The van der Waals surface area contributed by atoms with Crippen molar-refractivity contribution in [3.63, 3.8) is 0 Å². The van der Waals surface area contributed by atoms with Crippen LogP contribution in [-0.2, 0) is 16.8 Å². The van der Waals surface area contributed by atoms with Crippen molar-refractivity contribution in [2.75, 3.05) is 6.61 Å². The van der Waals surface area contributed by atoms with Crippen LogP contribution in [0.3, 0.4) is 0 Å². The van der Waals surface area contributed by atoms with Gasteiger partial charge < -0.3 is 10.1 Å². The minimum atomic E-state index is -0.116. The Labute approximate surface area is 138 Å². The highest BCUT2D eigenvalue weighted by Gasteiger charge is 2.14. The standard InChI is InChI=1S/C20H25NO2/c1-15-8-5-6-9-16(15)13-21-19(22)14-23-18-11-7-10-17(12-18)20(2,3)4/h5-12H,13-14H2,1-4H3,(H,21,22). The van der Waals surface area contributed by atoms with E-state index in [1.165, 1.54) is 11.1 Å². The second-order valence-electron chi connectivity index (χ2n) is 6.77. The third-order valence-electron chi connectivity index (χ3n) is 3.81. The first-order chi connectivity index (χ1) is 10.9. The lowest BCUT2D eigenvalue weighted by Crippen LogP contribution is -2.28. The lowest BCUT2D eigenvalue weighted by Gasteiger charge is -2.19. The van der Waals surface area contributed by atoms with Gasteiger partial charge in [0.1, 0.15) is 5.75 Å². The van der Waals surface area contributed by atoms with E-state index in [-0.39, 0.29) is 17.9 Å². The predicted octanol–water partition coefficient (Wildman–Crippen LogP) is 3.99. The van der Waals surface area contributed by atoms with Crippen molar-refractivity contribution in [1.29, 1.82) is 0 Å². The number of benzene rings is 2. The van der Waals surface area contributed by atoms with Gasteiger partial charge >= 0.3 is 0 Å². The Kier molecular flexibility index (Phi) is 5.43. The Hall–Kier alpha value is -2.29. The third-order valence-corrected chi connectivity index (χ3v) is 3.81. The van der Waals surface area contributed by atoms with Gasteiger partial charge in [-0.15, -0.1) is 0 Å². The van der Waals surface area contributed by atoms with Gasteiger partial charge in [0.25, 0.3) is 5.91 Å². The molecule has 3 heteroatoms. The molecule has 0 unspecified atom stereocenters. The first-order valence-electron chi connectivity index (χ1n) is 7.91. The molecule has 0 aliphatic heterocycles. The second kappa shape index (κ2) is 7.32. The molecule has 1 amide bonds. The predicted molar refractivity (Wildman–Crippen MR) is 93.7 cm³/mol. The number of hydrogen-bond acceptors (Lipinski definition) is 2. The molecule has 2 aromatic rings. The molecule has 0 aromatic heterocycles. The number of hydrogen-bond donors (Lipinski definition) is 1. The number of carbonyl (C=O) groups is 1. The number of amides is 1. The summed E-state index contributed by atoms with van der Waals surface area (Å²) in [4.78, 5) is 11.9. The highest BCUT2D eigenvalue weighted by Crippen LogP contribution is 2.25. The van der Waals surface area contributed by atoms with Gasteiger partial charge in [-0.25, -0.2) is 0 Å². The van der Waals surface area contributed by atoms with Crippen molar-refractivity contribution in [1.82, 2.24) is 5.32 Å². The van der Waals surface area contributed by atoms with Crippen molar-refractivity contribution in [3.05, 3.63) is 65.2 Å². The van der Waals surface area contributed by atoms with Crippen LogP contribution >= 0.6 is 0 Å². The molecule has 0 saturated carbocycles. The zero-order valence-electron chi connectivity index (χ0n) is 14.3. The Balaban J connectivity index is 1.86. The van der Waals surface area contributed by atoms with E-state index >= 15 is 0 Å². The number of nitrogens with one attached hydrogen (secondary N) is 1. The molecule has 3 nitrogen and oxygen atoms in total. The molecule has 0 bridgehead atoms. The average Bonchev–Trinajstić information content (AvgIpc) is 2.51. The Bertz CT molecular complexity index is 671. The van der Waals surface area contributed by atoms with E-state index in [0.29, 0.717) is 6.54 Å². The second-order valence-corrected chi connectivity index (χ2v) is 6.77. The van der Waals surface area contributed by atoms with Gasteiger partial charge in [0, 0.05) is 6.54 Å². The largest absolute Gasteiger partial charge is 0.484 e. The maximum Gasteiger partial charge on any atom is 0.258 e. The van der Waals surface area contributed by atoms with Crippen LogP contribution in [0.2, 0.25) is 0 Å².